The lowest BCUT2D eigenvalue weighted by atomic mass is 10.1. The van der Waals surface area contributed by atoms with Crippen LogP contribution in [0.1, 0.15) is 10.4 Å². The van der Waals surface area contributed by atoms with Crippen LogP contribution in [0.15, 0.2) is 61.1 Å². The number of benzene rings is 1. The minimum atomic E-state index is -1.05. The first-order valence-electron chi connectivity index (χ1n) is 6.32. The second-order valence-corrected chi connectivity index (χ2v) is 4.36. The van der Waals surface area contributed by atoms with Gasteiger partial charge >= 0.3 is 5.97 Å². The average molecular weight is 277 g/mol. The Morgan fingerprint density at radius 3 is 2.33 bits per heavy atom. The largest absolute Gasteiger partial charge is 0.478 e. The minimum absolute atomic E-state index is 0.0824. The molecule has 0 bridgehead atoms. The van der Waals surface area contributed by atoms with Crippen LogP contribution >= 0.6 is 0 Å². The third-order valence-corrected chi connectivity index (χ3v) is 3.00. The Bertz CT molecular complexity index is 774. The summed E-state index contributed by atoms with van der Waals surface area (Å²) in [6.07, 6.45) is 4.63. The topological polar surface area (TPSA) is 76.0 Å². The van der Waals surface area contributed by atoms with Crippen LogP contribution in [-0.4, -0.2) is 26.0 Å². The van der Waals surface area contributed by atoms with E-state index in [0.29, 0.717) is 11.5 Å². The van der Waals surface area contributed by atoms with Gasteiger partial charge in [-0.15, -0.1) is 0 Å². The van der Waals surface area contributed by atoms with Gasteiger partial charge in [-0.05, 0) is 12.1 Å². The molecule has 0 amide bonds. The molecule has 102 valence electrons. The van der Waals surface area contributed by atoms with Crippen molar-refractivity contribution in [3.05, 3.63) is 66.6 Å². The first kappa shape index (κ1) is 12.9. The average Bonchev–Trinajstić information content (AvgIpc) is 2.56. The van der Waals surface area contributed by atoms with Crippen LogP contribution in [0.3, 0.4) is 0 Å². The van der Waals surface area contributed by atoms with E-state index < -0.39 is 5.97 Å². The quantitative estimate of drug-likeness (QED) is 0.796. The van der Waals surface area contributed by atoms with Gasteiger partial charge in [0.2, 0.25) is 0 Å². The van der Waals surface area contributed by atoms with Crippen molar-refractivity contribution in [1.82, 2.24) is 15.0 Å². The standard InChI is InChI=1S/C16H11N3O2/c20-16(21)13-10-18-15(12-6-8-17-9-7-12)19-14(13)11-4-2-1-3-5-11/h1-10H,(H,20,21). The lowest BCUT2D eigenvalue weighted by Gasteiger charge is -2.07. The molecule has 0 saturated heterocycles. The summed E-state index contributed by atoms with van der Waals surface area (Å²) in [4.78, 5) is 23.9. The normalized spacial score (nSPS) is 10.3. The van der Waals surface area contributed by atoms with E-state index >= 15 is 0 Å². The predicted molar refractivity (Wildman–Crippen MR) is 77.7 cm³/mol. The summed E-state index contributed by atoms with van der Waals surface area (Å²) < 4.78 is 0. The molecule has 1 N–H and O–H groups in total. The molecule has 21 heavy (non-hydrogen) atoms. The molecule has 1 aromatic carbocycles. The fraction of sp³-hybridized carbons (Fsp3) is 0. The van der Waals surface area contributed by atoms with Gasteiger partial charge in [0.05, 0.1) is 5.69 Å². The molecule has 0 aliphatic carbocycles. The van der Waals surface area contributed by atoms with Gasteiger partial charge in [-0.2, -0.15) is 0 Å². The molecule has 0 aliphatic heterocycles. The Labute approximate surface area is 121 Å². The molecule has 0 atom stereocenters. The van der Waals surface area contributed by atoms with E-state index in [4.69, 9.17) is 0 Å². The fourth-order valence-corrected chi connectivity index (χ4v) is 1.99. The molecule has 5 heteroatoms. The summed E-state index contributed by atoms with van der Waals surface area (Å²) in [5, 5.41) is 9.30. The highest BCUT2D eigenvalue weighted by atomic mass is 16.4. The molecular weight excluding hydrogens is 266 g/mol. The van der Waals surface area contributed by atoms with Gasteiger partial charge in [-0.3, -0.25) is 4.98 Å². The van der Waals surface area contributed by atoms with E-state index in [1.807, 2.05) is 30.3 Å². The molecule has 3 rings (SSSR count). The molecule has 0 radical (unpaired) electrons. The molecule has 3 aromatic rings. The van der Waals surface area contributed by atoms with E-state index in [9.17, 15) is 9.90 Å². The van der Waals surface area contributed by atoms with E-state index in [2.05, 4.69) is 15.0 Å². The third kappa shape index (κ3) is 2.62. The molecule has 0 fully saturated rings. The van der Waals surface area contributed by atoms with Crippen molar-refractivity contribution in [2.45, 2.75) is 0 Å². The Kier molecular flexibility index (Phi) is 3.39. The highest BCUT2D eigenvalue weighted by Crippen LogP contribution is 2.24. The number of aromatic carboxylic acids is 1. The summed E-state index contributed by atoms with van der Waals surface area (Å²) in [5.41, 5.74) is 2.02. The SMILES string of the molecule is O=C(O)c1cnc(-c2ccncc2)nc1-c1ccccc1. The van der Waals surface area contributed by atoms with Crippen LogP contribution in [0.25, 0.3) is 22.6 Å². The summed E-state index contributed by atoms with van der Waals surface area (Å²) >= 11 is 0. The third-order valence-electron chi connectivity index (χ3n) is 3.00. The highest BCUT2D eigenvalue weighted by molar-refractivity contribution is 5.94. The fourth-order valence-electron chi connectivity index (χ4n) is 1.99. The summed E-state index contributed by atoms with van der Waals surface area (Å²) in [5.74, 6) is -0.573. The molecule has 2 heterocycles. The van der Waals surface area contributed by atoms with Crippen LogP contribution in [-0.2, 0) is 0 Å². The molecule has 2 aromatic heterocycles. The van der Waals surface area contributed by atoms with Crippen molar-refractivity contribution in [3.63, 3.8) is 0 Å². The Morgan fingerprint density at radius 2 is 1.67 bits per heavy atom. The number of carboxylic acid groups (broad SMARTS) is 1. The monoisotopic (exact) mass is 277 g/mol. The number of nitrogens with zero attached hydrogens (tertiary/aromatic N) is 3. The summed E-state index contributed by atoms with van der Waals surface area (Å²) in [7, 11) is 0. The van der Waals surface area contributed by atoms with Gasteiger partial charge in [-0.1, -0.05) is 30.3 Å². The van der Waals surface area contributed by atoms with Crippen molar-refractivity contribution < 1.29 is 9.90 Å². The Hall–Kier alpha value is -3.08. The van der Waals surface area contributed by atoms with E-state index in [1.165, 1.54) is 6.20 Å². The van der Waals surface area contributed by atoms with Gasteiger partial charge in [0.25, 0.3) is 0 Å². The minimum Gasteiger partial charge on any atom is -0.478 e. The van der Waals surface area contributed by atoms with Gasteiger partial charge in [0, 0.05) is 29.7 Å². The molecule has 0 aliphatic rings. The maximum Gasteiger partial charge on any atom is 0.339 e. The second kappa shape index (κ2) is 5.50. The van der Waals surface area contributed by atoms with E-state index in [-0.39, 0.29) is 5.56 Å². The molecular formula is C16H11N3O2. The zero-order valence-electron chi connectivity index (χ0n) is 11.0. The van der Waals surface area contributed by atoms with Crippen LogP contribution < -0.4 is 0 Å². The number of aromatic nitrogens is 3. The van der Waals surface area contributed by atoms with Crippen LogP contribution in [0.2, 0.25) is 0 Å². The lowest BCUT2D eigenvalue weighted by molar-refractivity contribution is 0.0697. The van der Waals surface area contributed by atoms with Crippen LogP contribution in [0.4, 0.5) is 0 Å². The molecule has 0 unspecified atom stereocenters. The predicted octanol–water partition coefficient (Wildman–Crippen LogP) is 2.90. The van der Waals surface area contributed by atoms with Crippen LogP contribution in [0.5, 0.6) is 0 Å². The van der Waals surface area contributed by atoms with Crippen molar-refractivity contribution >= 4 is 5.97 Å². The summed E-state index contributed by atoms with van der Waals surface area (Å²) in [6.45, 7) is 0. The van der Waals surface area contributed by atoms with E-state index in [1.54, 1.807) is 24.5 Å². The Morgan fingerprint density at radius 1 is 0.952 bits per heavy atom. The molecule has 0 saturated carbocycles. The van der Waals surface area contributed by atoms with Crippen molar-refractivity contribution in [2.75, 3.05) is 0 Å². The number of rotatable bonds is 3. The smallest absolute Gasteiger partial charge is 0.339 e. The van der Waals surface area contributed by atoms with Gasteiger partial charge in [-0.25, -0.2) is 14.8 Å². The van der Waals surface area contributed by atoms with Crippen molar-refractivity contribution in [3.8, 4) is 22.6 Å². The first-order valence-corrected chi connectivity index (χ1v) is 6.32. The Balaban J connectivity index is 2.18. The van der Waals surface area contributed by atoms with Gasteiger partial charge < -0.3 is 5.11 Å². The van der Waals surface area contributed by atoms with E-state index in [0.717, 1.165) is 11.1 Å². The summed E-state index contributed by atoms with van der Waals surface area (Å²) in [6, 6.07) is 12.8. The second-order valence-electron chi connectivity index (χ2n) is 4.36. The van der Waals surface area contributed by atoms with Crippen molar-refractivity contribution in [1.29, 1.82) is 0 Å². The highest BCUT2D eigenvalue weighted by Gasteiger charge is 2.15. The number of carboxylic acids is 1. The number of carbonyl (C=O) groups is 1. The number of pyridine rings is 1. The van der Waals surface area contributed by atoms with Crippen LogP contribution in [0, 0.1) is 0 Å². The molecule has 0 spiro atoms. The maximum absolute atomic E-state index is 11.4. The van der Waals surface area contributed by atoms with Gasteiger partial charge in [0.15, 0.2) is 5.82 Å². The zero-order chi connectivity index (χ0) is 14.7. The number of hydrogen-bond donors (Lipinski definition) is 1. The zero-order valence-corrected chi connectivity index (χ0v) is 11.0. The van der Waals surface area contributed by atoms with Crippen molar-refractivity contribution in [2.24, 2.45) is 0 Å². The number of hydrogen-bond acceptors (Lipinski definition) is 4. The maximum atomic E-state index is 11.4. The molecule has 5 nitrogen and oxygen atoms in total. The first-order chi connectivity index (χ1) is 10.3. The lowest BCUT2D eigenvalue weighted by Crippen LogP contribution is -2.04. The van der Waals surface area contributed by atoms with Gasteiger partial charge in [0.1, 0.15) is 5.56 Å².